The molecular formula is C24H33ClN2S. The average Bonchev–Trinajstić information content (AvgIpc) is 3.10. The molecule has 0 aromatic heterocycles. The molecule has 5 aliphatic carbocycles. The van der Waals surface area contributed by atoms with Crippen LogP contribution in [0.3, 0.4) is 0 Å². The van der Waals surface area contributed by atoms with Gasteiger partial charge in [-0.15, -0.1) is 11.6 Å². The van der Waals surface area contributed by atoms with E-state index in [1.165, 1.54) is 56.9 Å². The van der Waals surface area contributed by atoms with Crippen molar-refractivity contribution in [2.45, 2.75) is 62.8 Å². The van der Waals surface area contributed by atoms with Gasteiger partial charge in [-0.1, -0.05) is 42.5 Å². The van der Waals surface area contributed by atoms with E-state index >= 15 is 0 Å². The summed E-state index contributed by atoms with van der Waals surface area (Å²) in [6.07, 6.45) is 10.0. The Morgan fingerprint density at radius 3 is 2.54 bits per heavy atom. The SMILES string of the molecule is NCC1CCC(NC(=S)C2C3CC4(c5ccccc5)CC2C(CCl)(C3)C4)CC1. The van der Waals surface area contributed by atoms with E-state index < -0.39 is 0 Å². The molecule has 0 radical (unpaired) electrons. The lowest BCUT2D eigenvalue weighted by atomic mass is 9.62. The van der Waals surface area contributed by atoms with Gasteiger partial charge in [-0.05, 0) is 92.1 Å². The summed E-state index contributed by atoms with van der Waals surface area (Å²) in [5.74, 6) is 3.41. The molecule has 28 heavy (non-hydrogen) atoms. The highest BCUT2D eigenvalue weighted by Gasteiger charge is 2.68. The zero-order valence-electron chi connectivity index (χ0n) is 16.7. The normalized spacial score (nSPS) is 44.0. The topological polar surface area (TPSA) is 38.0 Å². The minimum absolute atomic E-state index is 0.300. The third kappa shape index (κ3) is 2.96. The van der Waals surface area contributed by atoms with Gasteiger partial charge in [-0.25, -0.2) is 0 Å². The molecule has 0 amide bonds. The first kappa shape index (κ1) is 19.3. The van der Waals surface area contributed by atoms with Crippen molar-refractivity contribution in [3.8, 4) is 0 Å². The smallest absolute Gasteiger partial charge is 0.0792 e. The second kappa shape index (κ2) is 7.25. The van der Waals surface area contributed by atoms with Crippen LogP contribution in [-0.2, 0) is 5.41 Å². The van der Waals surface area contributed by atoms with Crippen LogP contribution in [0, 0.1) is 29.1 Å². The maximum absolute atomic E-state index is 6.65. The standard InChI is InChI=1S/C24H33ClN2S/c25-15-24-11-17-10-23(14-24,18-4-2-1-3-5-18)12-20(24)21(17)22(28)27-19-8-6-16(13-26)7-9-19/h1-5,16-17,19-21H,6-15,26H2,(H,27,28). The molecule has 4 bridgehead atoms. The molecule has 2 nitrogen and oxygen atoms in total. The van der Waals surface area contributed by atoms with Crippen LogP contribution in [0.15, 0.2) is 30.3 Å². The van der Waals surface area contributed by atoms with Gasteiger partial charge in [0.25, 0.3) is 0 Å². The number of nitrogens with one attached hydrogen (secondary N) is 1. The molecule has 3 N–H and O–H groups in total. The molecule has 6 rings (SSSR count). The minimum Gasteiger partial charge on any atom is -0.377 e. The molecule has 4 heteroatoms. The van der Waals surface area contributed by atoms with E-state index in [1.807, 2.05) is 0 Å². The van der Waals surface area contributed by atoms with Crippen LogP contribution in [0.5, 0.6) is 0 Å². The van der Waals surface area contributed by atoms with Crippen LogP contribution in [0.1, 0.15) is 56.9 Å². The Balaban J connectivity index is 1.33. The van der Waals surface area contributed by atoms with Gasteiger partial charge in [-0.2, -0.15) is 0 Å². The van der Waals surface area contributed by atoms with Crippen LogP contribution < -0.4 is 11.1 Å². The molecule has 5 aliphatic rings. The first-order valence-corrected chi connectivity index (χ1v) is 12.2. The first-order valence-electron chi connectivity index (χ1n) is 11.2. The number of halogens is 1. The van der Waals surface area contributed by atoms with Crippen LogP contribution >= 0.6 is 23.8 Å². The summed E-state index contributed by atoms with van der Waals surface area (Å²) in [6, 6.07) is 11.8. The highest BCUT2D eigenvalue weighted by Crippen LogP contribution is 2.73. The number of benzene rings is 1. The van der Waals surface area contributed by atoms with E-state index in [0.717, 1.165) is 23.3 Å². The molecule has 1 aromatic carbocycles. The lowest BCUT2D eigenvalue weighted by Crippen LogP contribution is -2.46. The fraction of sp³-hybridized carbons (Fsp3) is 0.708. The molecule has 5 atom stereocenters. The molecular weight excluding hydrogens is 384 g/mol. The Morgan fingerprint density at radius 1 is 1.11 bits per heavy atom. The summed E-state index contributed by atoms with van der Waals surface area (Å²) >= 11 is 12.7. The molecule has 152 valence electrons. The van der Waals surface area contributed by atoms with Gasteiger partial charge in [0.2, 0.25) is 0 Å². The Morgan fingerprint density at radius 2 is 1.86 bits per heavy atom. The van der Waals surface area contributed by atoms with Crippen molar-refractivity contribution in [1.29, 1.82) is 0 Å². The zero-order chi connectivity index (χ0) is 19.4. The number of rotatable bonds is 5. The number of hydrogen-bond acceptors (Lipinski definition) is 2. The maximum Gasteiger partial charge on any atom is 0.0792 e. The Kier molecular flexibility index (Phi) is 5.00. The van der Waals surface area contributed by atoms with Gasteiger partial charge < -0.3 is 11.1 Å². The second-order valence-corrected chi connectivity index (χ2v) is 11.0. The molecule has 0 spiro atoms. The van der Waals surface area contributed by atoms with E-state index in [9.17, 15) is 0 Å². The largest absolute Gasteiger partial charge is 0.377 e. The fourth-order valence-corrected chi connectivity index (χ4v) is 8.57. The molecule has 5 unspecified atom stereocenters. The van der Waals surface area contributed by atoms with Gasteiger partial charge >= 0.3 is 0 Å². The monoisotopic (exact) mass is 416 g/mol. The van der Waals surface area contributed by atoms with Crippen molar-refractivity contribution in [3.63, 3.8) is 0 Å². The molecule has 5 saturated carbocycles. The Labute approximate surface area is 180 Å². The van der Waals surface area contributed by atoms with Gasteiger partial charge in [0, 0.05) is 17.8 Å². The van der Waals surface area contributed by atoms with Crippen molar-refractivity contribution >= 4 is 28.8 Å². The van der Waals surface area contributed by atoms with Crippen molar-refractivity contribution in [1.82, 2.24) is 5.32 Å². The summed E-state index contributed by atoms with van der Waals surface area (Å²) in [5.41, 5.74) is 8.04. The quantitative estimate of drug-likeness (QED) is 0.522. The summed E-state index contributed by atoms with van der Waals surface area (Å²) in [5, 5.41) is 3.81. The highest BCUT2D eigenvalue weighted by molar-refractivity contribution is 7.80. The molecule has 5 fully saturated rings. The lowest BCUT2D eigenvalue weighted by Gasteiger charge is -2.43. The lowest BCUT2D eigenvalue weighted by molar-refractivity contribution is 0.184. The third-order valence-corrected chi connectivity index (χ3v) is 9.75. The molecule has 0 saturated heterocycles. The van der Waals surface area contributed by atoms with Crippen molar-refractivity contribution < 1.29 is 0 Å². The van der Waals surface area contributed by atoms with E-state index in [4.69, 9.17) is 29.6 Å². The van der Waals surface area contributed by atoms with Gasteiger partial charge in [0.05, 0.1) is 4.99 Å². The Hall–Kier alpha value is -0.640. The van der Waals surface area contributed by atoms with Crippen molar-refractivity contribution in [2.75, 3.05) is 12.4 Å². The first-order chi connectivity index (χ1) is 13.6. The summed E-state index contributed by atoms with van der Waals surface area (Å²) in [7, 11) is 0. The molecule has 1 aromatic rings. The van der Waals surface area contributed by atoms with E-state index in [-0.39, 0.29) is 0 Å². The summed E-state index contributed by atoms with van der Waals surface area (Å²) < 4.78 is 0. The second-order valence-electron chi connectivity index (χ2n) is 10.3. The number of hydrogen-bond donors (Lipinski definition) is 2. The van der Waals surface area contributed by atoms with Crippen LogP contribution in [0.4, 0.5) is 0 Å². The molecule has 0 heterocycles. The highest BCUT2D eigenvalue weighted by atomic mass is 35.5. The number of nitrogens with two attached hydrogens (primary N) is 1. The summed E-state index contributed by atoms with van der Waals surface area (Å²) in [6.45, 7) is 0.837. The van der Waals surface area contributed by atoms with Crippen molar-refractivity contribution in [3.05, 3.63) is 35.9 Å². The van der Waals surface area contributed by atoms with Crippen LogP contribution in [-0.4, -0.2) is 23.5 Å². The van der Waals surface area contributed by atoms with Gasteiger partial charge in [-0.3, -0.25) is 0 Å². The van der Waals surface area contributed by atoms with Gasteiger partial charge in [0.15, 0.2) is 0 Å². The predicted octanol–water partition coefficient (Wildman–Crippen LogP) is 5.03. The zero-order valence-corrected chi connectivity index (χ0v) is 18.3. The number of thiocarbonyl (C=S) groups is 1. The maximum atomic E-state index is 6.65. The number of alkyl halides is 1. The Bertz CT molecular complexity index is 731. The van der Waals surface area contributed by atoms with Gasteiger partial charge in [0.1, 0.15) is 0 Å². The van der Waals surface area contributed by atoms with Crippen molar-refractivity contribution in [2.24, 2.45) is 34.8 Å². The van der Waals surface area contributed by atoms with E-state index in [2.05, 4.69) is 35.6 Å². The molecule has 0 aliphatic heterocycles. The summed E-state index contributed by atoms with van der Waals surface area (Å²) in [4.78, 5) is 1.15. The van der Waals surface area contributed by atoms with E-state index in [0.29, 0.717) is 34.6 Å². The van der Waals surface area contributed by atoms with Crippen LogP contribution in [0.2, 0.25) is 0 Å². The fourth-order valence-electron chi connectivity index (χ4n) is 7.65. The predicted molar refractivity (Wildman–Crippen MR) is 121 cm³/mol. The van der Waals surface area contributed by atoms with E-state index in [1.54, 1.807) is 0 Å². The minimum atomic E-state index is 0.300. The third-order valence-electron chi connectivity index (χ3n) is 8.83. The van der Waals surface area contributed by atoms with Crippen LogP contribution in [0.25, 0.3) is 0 Å². The average molecular weight is 417 g/mol.